The Kier molecular flexibility index (Phi) is 4.21. The van der Waals surface area contributed by atoms with Crippen LogP contribution in [0, 0.1) is 13.8 Å². The molecule has 1 aliphatic rings. The zero-order chi connectivity index (χ0) is 17.6. The Morgan fingerprint density at radius 2 is 1.92 bits per heavy atom. The topological polar surface area (TPSA) is 49.9 Å². The van der Waals surface area contributed by atoms with Crippen LogP contribution in [0.1, 0.15) is 17.2 Å². The monoisotopic (exact) mass is 371 g/mol. The summed E-state index contributed by atoms with van der Waals surface area (Å²) in [5.74, 6) is 2.15. The van der Waals surface area contributed by atoms with E-state index in [2.05, 4.69) is 10.2 Å². The standard InChI is InChI=1S/C19H18ClN3OS/c1-11-3-4-12(2)16(7-11)21-22-18-15-8-13(20)5-6-17(15)23(19(18)24)14-9-25-10-14/h3-8,14,24H,9-10H2,1-2H3. The van der Waals surface area contributed by atoms with Gasteiger partial charge in [-0.15, -0.1) is 5.11 Å². The zero-order valence-corrected chi connectivity index (χ0v) is 15.6. The van der Waals surface area contributed by atoms with Crippen LogP contribution in [0.5, 0.6) is 5.88 Å². The molecule has 128 valence electrons. The number of aryl methyl sites for hydroxylation is 2. The Labute approximate surface area is 155 Å². The molecule has 0 saturated carbocycles. The van der Waals surface area contributed by atoms with Crippen molar-refractivity contribution in [3.8, 4) is 5.88 Å². The molecule has 2 aromatic carbocycles. The Morgan fingerprint density at radius 1 is 1.12 bits per heavy atom. The second-order valence-electron chi connectivity index (χ2n) is 6.38. The first-order chi connectivity index (χ1) is 12.0. The Hall–Kier alpha value is -1.98. The molecule has 1 N–H and O–H groups in total. The smallest absolute Gasteiger partial charge is 0.221 e. The molecule has 4 rings (SSSR count). The van der Waals surface area contributed by atoms with Crippen LogP contribution in [0.3, 0.4) is 0 Å². The SMILES string of the molecule is Cc1ccc(C)c(N=Nc2c(O)n(C3CSC3)c3ccc(Cl)cc23)c1. The van der Waals surface area contributed by atoms with Crippen LogP contribution in [0.4, 0.5) is 11.4 Å². The molecule has 6 heteroatoms. The number of fused-ring (bicyclic) bond motifs is 1. The minimum absolute atomic E-state index is 0.164. The van der Waals surface area contributed by atoms with Crippen molar-refractivity contribution in [2.24, 2.45) is 10.2 Å². The van der Waals surface area contributed by atoms with E-state index in [0.29, 0.717) is 16.8 Å². The highest BCUT2D eigenvalue weighted by atomic mass is 35.5. The number of nitrogens with zero attached hydrogens (tertiary/aromatic N) is 3. The van der Waals surface area contributed by atoms with E-state index in [9.17, 15) is 5.11 Å². The summed E-state index contributed by atoms with van der Waals surface area (Å²) in [5.41, 5.74) is 4.41. The summed E-state index contributed by atoms with van der Waals surface area (Å²) < 4.78 is 1.96. The Morgan fingerprint density at radius 3 is 2.64 bits per heavy atom. The lowest BCUT2D eigenvalue weighted by atomic mass is 10.1. The molecule has 25 heavy (non-hydrogen) atoms. The first kappa shape index (κ1) is 16.5. The lowest BCUT2D eigenvalue weighted by Gasteiger charge is -2.27. The summed E-state index contributed by atoms with van der Waals surface area (Å²) in [6.07, 6.45) is 0. The number of rotatable bonds is 3. The predicted molar refractivity (Wildman–Crippen MR) is 105 cm³/mol. The van der Waals surface area contributed by atoms with Crippen molar-refractivity contribution in [3.05, 3.63) is 52.5 Å². The van der Waals surface area contributed by atoms with Gasteiger partial charge >= 0.3 is 0 Å². The molecule has 0 amide bonds. The van der Waals surface area contributed by atoms with Crippen LogP contribution >= 0.6 is 23.4 Å². The molecular formula is C19H18ClN3OS. The number of benzene rings is 2. The fourth-order valence-corrected chi connectivity index (χ4v) is 3.94. The van der Waals surface area contributed by atoms with Gasteiger partial charge in [-0.25, -0.2) is 0 Å². The summed E-state index contributed by atoms with van der Waals surface area (Å²) in [6, 6.07) is 12.0. The summed E-state index contributed by atoms with van der Waals surface area (Å²) in [5, 5.41) is 21.0. The highest BCUT2D eigenvalue weighted by Crippen LogP contribution is 2.45. The number of aromatic hydroxyl groups is 1. The van der Waals surface area contributed by atoms with Gasteiger partial charge in [-0.05, 0) is 49.2 Å². The van der Waals surface area contributed by atoms with Gasteiger partial charge in [-0.3, -0.25) is 0 Å². The van der Waals surface area contributed by atoms with Crippen LogP contribution < -0.4 is 0 Å². The van der Waals surface area contributed by atoms with E-state index in [1.807, 2.05) is 66.6 Å². The minimum Gasteiger partial charge on any atom is -0.493 e. The number of azo groups is 1. The van der Waals surface area contributed by atoms with E-state index >= 15 is 0 Å². The molecule has 0 unspecified atom stereocenters. The van der Waals surface area contributed by atoms with Gasteiger partial charge in [-0.1, -0.05) is 23.7 Å². The third-order valence-corrected chi connectivity index (χ3v) is 6.00. The largest absolute Gasteiger partial charge is 0.493 e. The third-order valence-electron chi connectivity index (χ3n) is 4.52. The molecule has 0 atom stereocenters. The lowest BCUT2D eigenvalue weighted by Crippen LogP contribution is -2.22. The van der Waals surface area contributed by atoms with E-state index in [4.69, 9.17) is 11.6 Å². The number of hydrogen-bond donors (Lipinski definition) is 1. The molecule has 1 fully saturated rings. The Balaban J connectivity index is 1.86. The molecule has 4 nitrogen and oxygen atoms in total. The van der Waals surface area contributed by atoms with Gasteiger partial charge in [0.05, 0.1) is 17.2 Å². The van der Waals surface area contributed by atoms with Gasteiger partial charge in [0, 0.05) is 21.9 Å². The zero-order valence-electron chi connectivity index (χ0n) is 14.0. The van der Waals surface area contributed by atoms with Crippen molar-refractivity contribution in [1.82, 2.24) is 4.57 Å². The van der Waals surface area contributed by atoms with Gasteiger partial charge in [0.25, 0.3) is 0 Å². The van der Waals surface area contributed by atoms with Gasteiger partial charge in [0.1, 0.15) is 0 Å². The number of halogens is 1. The van der Waals surface area contributed by atoms with Crippen LogP contribution in [-0.4, -0.2) is 21.2 Å². The maximum absolute atomic E-state index is 10.8. The molecular weight excluding hydrogens is 354 g/mol. The highest BCUT2D eigenvalue weighted by molar-refractivity contribution is 8.00. The van der Waals surface area contributed by atoms with Crippen LogP contribution in [0.25, 0.3) is 10.9 Å². The summed E-state index contributed by atoms with van der Waals surface area (Å²) in [7, 11) is 0. The molecule has 0 aliphatic carbocycles. The Bertz CT molecular complexity index is 992. The van der Waals surface area contributed by atoms with Crippen molar-refractivity contribution in [1.29, 1.82) is 0 Å². The van der Waals surface area contributed by atoms with Crippen LogP contribution in [0.2, 0.25) is 5.02 Å². The lowest BCUT2D eigenvalue weighted by molar-refractivity contribution is 0.406. The molecule has 0 spiro atoms. The second kappa shape index (κ2) is 6.39. The first-order valence-electron chi connectivity index (χ1n) is 8.14. The van der Waals surface area contributed by atoms with E-state index in [0.717, 1.165) is 39.2 Å². The van der Waals surface area contributed by atoms with E-state index in [1.54, 1.807) is 0 Å². The third kappa shape index (κ3) is 2.92. The first-order valence-corrected chi connectivity index (χ1v) is 9.67. The van der Waals surface area contributed by atoms with Crippen molar-refractivity contribution >= 4 is 45.6 Å². The number of hydrogen-bond acceptors (Lipinski definition) is 4. The van der Waals surface area contributed by atoms with Crippen LogP contribution in [-0.2, 0) is 0 Å². The van der Waals surface area contributed by atoms with Crippen molar-refractivity contribution in [2.75, 3.05) is 11.5 Å². The summed E-state index contributed by atoms with van der Waals surface area (Å²) in [4.78, 5) is 0. The second-order valence-corrected chi connectivity index (χ2v) is 7.90. The average molecular weight is 372 g/mol. The highest BCUT2D eigenvalue weighted by Gasteiger charge is 2.27. The van der Waals surface area contributed by atoms with Crippen molar-refractivity contribution in [2.45, 2.75) is 19.9 Å². The average Bonchev–Trinajstić information content (AvgIpc) is 2.79. The van der Waals surface area contributed by atoms with Crippen molar-refractivity contribution in [3.63, 3.8) is 0 Å². The van der Waals surface area contributed by atoms with Gasteiger partial charge in [0.2, 0.25) is 5.88 Å². The van der Waals surface area contributed by atoms with Gasteiger partial charge < -0.3 is 9.67 Å². The van der Waals surface area contributed by atoms with E-state index < -0.39 is 0 Å². The fourth-order valence-electron chi connectivity index (χ4n) is 3.03. The normalized spacial score (nSPS) is 15.2. The fraction of sp³-hybridized carbons (Fsp3) is 0.263. The summed E-state index contributed by atoms with van der Waals surface area (Å²) in [6.45, 7) is 4.02. The number of aromatic nitrogens is 1. The van der Waals surface area contributed by atoms with Gasteiger partial charge in [-0.2, -0.15) is 16.9 Å². The number of thioether (sulfide) groups is 1. The van der Waals surface area contributed by atoms with E-state index in [1.165, 1.54) is 0 Å². The minimum atomic E-state index is 0.164. The maximum atomic E-state index is 10.8. The van der Waals surface area contributed by atoms with Crippen molar-refractivity contribution < 1.29 is 5.11 Å². The maximum Gasteiger partial charge on any atom is 0.221 e. The molecule has 1 saturated heterocycles. The van der Waals surface area contributed by atoms with E-state index in [-0.39, 0.29) is 5.88 Å². The molecule has 0 radical (unpaired) electrons. The molecule has 3 aromatic rings. The predicted octanol–water partition coefficient (Wildman–Crippen LogP) is 6.32. The molecule has 1 aromatic heterocycles. The van der Waals surface area contributed by atoms with Crippen LogP contribution in [0.15, 0.2) is 46.6 Å². The van der Waals surface area contributed by atoms with Gasteiger partial charge in [0.15, 0.2) is 5.69 Å². The quantitative estimate of drug-likeness (QED) is 0.547. The molecule has 0 bridgehead atoms. The molecule has 1 aliphatic heterocycles. The molecule has 2 heterocycles. The summed E-state index contributed by atoms with van der Waals surface area (Å²) >= 11 is 8.05.